The fraction of sp³-hybridized carbons (Fsp3) is 0.957. The number of rotatable bonds is 9. The third-order valence-corrected chi connectivity index (χ3v) is 8.66. The van der Waals surface area contributed by atoms with Gasteiger partial charge in [0.2, 0.25) is 0 Å². The van der Waals surface area contributed by atoms with Gasteiger partial charge in [-0.25, -0.2) is 4.79 Å². The molecule has 0 aliphatic heterocycles. The predicted molar refractivity (Wildman–Crippen MR) is 122 cm³/mol. The average Bonchev–Trinajstić information content (AvgIpc) is 3.28. The molecule has 0 N–H and O–H groups in total. The minimum Gasteiger partial charge on any atom is -0.429 e. The van der Waals surface area contributed by atoms with Crippen molar-refractivity contribution in [1.29, 1.82) is 0 Å². The van der Waals surface area contributed by atoms with Crippen molar-refractivity contribution in [3.05, 3.63) is 0 Å². The third-order valence-electron chi connectivity index (χ3n) is 6.22. The van der Waals surface area contributed by atoms with Gasteiger partial charge in [0.1, 0.15) is 5.60 Å². The maximum atomic E-state index is 13.5. The Morgan fingerprint density at radius 2 is 1.28 bits per heavy atom. The Kier molecular flexibility index (Phi) is 11.6. The Hall–Kier alpha value is -1.05. The van der Waals surface area contributed by atoms with Crippen molar-refractivity contribution in [1.82, 2.24) is 0 Å². The van der Waals surface area contributed by atoms with Crippen LogP contribution >= 0.6 is 0 Å². The number of halogens is 6. The van der Waals surface area contributed by atoms with Gasteiger partial charge in [0.05, 0.1) is 0 Å². The molecule has 36 heavy (non-hydrogen) atoms. The molecule has 0 heterocycles. The molecule has 2 aliphatic rings. The van der Waals surface area contributed by atoms with Gasteiger partial charge >= 0.3 is 32.9 Å². The summed E-state index contributed by atoms with van der Waals surface area (Å²) >= 11 is 0. The molecule has 214 valence electrons. The molecular formula is C23H40F6O6Si. The molecule has 6 nitrogen and oxygen atoms in total. The molecule has 0 radical (unpaired) electrons. The molecular weight excluding hydrogens is 514 g/mol. The molecule has 2 rings (SSSR count). The quantitative estimate of drug-likeness (QED) is 0.169. The highest BCUT2D eigenvalue weighted by atomic mass is 28.4. The second kappa shape index (κ2) is 12.7. The van der Waals surface area contributed by atoms with E-state index in [1.165, 1.54) is 20.8 Å². The molecule has 2 fully saturated rings. The lowest BCUT2D eigenvalue weighted by atomic mass is 9.79. The molecule has 0 aromatic rings. The molecule has 2 bridgehead atoms. The minimum atomic E-state index is -5.79. The number of hydrogen-bond acceptors (Lipinski definition) is 6. The fourth-order valence-electron chi connectivity index (χ4n) is 4.87. The van der Waals surface area contributed by atoms with Crippen molar-refractivity contribution < 1.29 is 53.9 Å². The Bertz CT molecular complexity index is 663. The van der Waals surface area contributed by atoms with E-state index in [1.807, 2.05) is 27.3 Å². The molecule has 0 aromatic carbocycles. The lowest BCUT2D eigenvalue weighted by molar-refractivity contribution is -0.374. The summed E-state index contributed by atoms with van der Waals surface area (Å²) in [4.78, 5) is 11.7. The lowest BCUT2D eigenvalue weighted by Crippen LogP contribution is -2.61. The Morgan fingerprint density at radius 3 is 1.58 bits per heavy atom. The van der Waals surface area contributed by atoms with E-state index in [1.54, 1.807) is 0 Å². The van der Waals surface area contributed by atoms with Gasteiger partial charge in [-0.3, -0.25) is 0 Å². The molecule has 0 aromatic heterocycles. The molecule has 2 saturated carbocycles. The smallest absolute Gasteiger partial charge is 0.429 e. The second-order valence-corrected chi connectivity index (χ2v) is 12.8. The van der Waals surface area contributed by atoms with E-state index >= 15 is 0 Å². The summed E-state index contributed by atoms with van der Waals surface area (Å²) in [6, 6.07) is 0. The van der Waals surface area contributed by atoms with Gasteiger partial charge in [0, 0.05) is 32.8 Å². The zero-order valence-electron chi connectivity index (χ0n) is 22.1. The number of ether oxygens (including phenoxy) is 2. The monoisotopic (exact) mass is 554 g/mol. The fourth-order valence-corrected chi connectivity index (χ4v) is 6.69. The summed E-state index contributed by atoms with van der Waals surface area (Å²) in [5, 5.41) is 0. The Labute approximate surface area is 210 Å². The molecule has 0 saturated heterocycles. The van der Waals surface area contributed by atoms with Crippen LogP contribution in [0.1, 0.15) is 73.6 Å². The van der Waals surface area contributed by atoms with Crippen molar-refractivity contribution in [2.24, 2.45) is 17.8 Å². The van der Waals surface area contributed by atoms with Crippen LogP contribution in [0.4, 0.5) is 31.1 Å². The maximum Gasteiger partial charge on any atom is 0.510 e. The van der Waals surface area contributed by atoms with Crippen LogP contribution in [0.5, 0.6) is 0 Å². The summed E-state index contributed by atoms with van der Waals surface area (Å²) < 4.78 is 106. The first-order valence-corrected chi connectivity index (χ1v) is 14.5. The number of hydrogen-bond donors (Lipinski definition) is 0. The van der Waals surface area contributed by atoms with Crippen LogP contribution in [0.25, 0.3) is 0 Å². The minimum absolute atomic E-state index is 0.163. The summed E-state index contributed by atoms with van der Waals surface area (Å²) in [5.41, 5.74) is -5.82. The molecule has 3 atom stereocenters. The SMILES string of the molecule is CC(C)(C)OC(=O)OC(CC1CC2CCC1C2)(C(F)(F)F)C(F)(F)F.CCO[Si](C)(OCC)OCC. The van der Waals surface area contributed by atoms with E-state index in [2.05, 4.69) is 9.47 Å². The first-order valence-electron chi connectivity index (χ1n) is 12.3. The van der Waals surface area contributed by atoms with Crippen molar-refractivity contribution in [2.45, 2.75) is 104 Å². The predicted octanol–water partition coefficient (Wildman–Crippen LogP) is 7.29. The summed E-state index contributed by atoms with van der Waals surface area (Å²) in [6.07, 6.45) is -12.5. The van der Waals surface area contributed by atoms with Crippen LogP contribution in [-0.2, 0) is 22.8 Å². The molecule has 2 aliphatic carbocycles. The Balaban J connectivity index is 0.000000497. The van der Waals surface area contributed by atoms with Crippen LogP contribution in [0.15, 0.2) is 0 Å². The zero-order valence-corrected chi connectivity index (χ0v) is 23.1. The van der Waals surface area contributed by atoms with Crippen LogP contribution in [0.3, 0.4) is 0 Å². The highest BCUT2D eigenvalue weighted by Crippen LogP contribution is 2.56. The normalized spacial score (nSPS) is 22.8. The number of carbonyl (C=O) groups is 1. The van der Waals surface area contributed by atoms with Crippen LogP contribution in [-0.4, -0.2) is 58.3 Å². The van der Waals surface area contributed by atoms with Gasteiger partial charge in [-0.1, -0.05) is 6.42 Å². The number of carbonyl (C=O) groups excluding carboxylic acids is 1. The molecule has 0 spiro atoms. The van der Waals surface area contributed by atoms with Gasteiger partial charge in [-0.2, -0.15) is 26.3 Å². The lowest BCUT2D eigenvalue weighted by Gasteiger charge is -2.39. The van der Waals surface area contributed by atoms with Crippen molar-refractivity contribution >= 4 is 15.0 Å². The van der Waals surface area contributed by atoms with E-state index in [4.69, 9.17) is 13.3 Å². The van der Waals surface area contributed by atoms with Gasteiger partial charge < -0.3 is 22.8 Å². The highest BCUT2D eigenvalue weighted by molar-refractivity contribution is 6.59. The van der Waals surface area contributed by atoms with Crippen LogP contribution < -0.4 is 0 Å². The van der Waals surface area contributed by atoms with Crippen LogP contribution in [0.2, 0.25) is 6.55 Å². The highest BCUT2D eigenvalue weighted by Gasteiger charge is 2.75. The van der Waals surface area contributed by atoms with Gasteiger partial charge in [-0.15, -0.1) is 0 Å². The average molecular weight is 555 g/mol. The van der Waals surface area contributed by atoms with Crippen molar-refractivity contribution in [3.8, 4) is 0 Å². The topological polar surface area (TPSA) is 63.2 Å². The second-order valence-electron chi connectivity index (χ2n) is 10.2. The largest absolute Gasteiger partial charge is 0.510 e. The Morgan fingerprint density at radius 1 is 0.806 bits per heavy atom. The zero-order chi connectivity index (χ0) is 28.0. The van der Waals surface area contributed by atoms with E-state index in [0.717, 1.165) is 6.42 Å². The summed E-state index contributed by atoms with van der Waals surface area (Å²) in [7, 11) is -2.25. The number of alkyl halides is 6. The van der Waals surface area contributed by atoms with Crippen molar-refractivity contribution in [2.75, 3.05) is 19.8 Å². The van der Waals surface area contributed by atoms with Gasteiger partial charge in [0.25, 0.3) is 0 Å². The van der Waals surface area contributed by atoms with Gasteiger partial charge in [0.15, 0.2) is 0 Å². The van der Waals surface area contributed by atoms with E-state index in [0.29, 0.717) is 39.1 Å². The summed E-state index contributed by atoms with van der Waals surface area (Å²) in [5.74, 6) is -0.795. The molecule has 3 unspecified atom stereocenters. The van der Waals surface area contributed by atoms with Crippen molar-refractivity contribution in [3.63, 3.8) is 0 Å². The molecule has 0 amide bonds. The van der Waals surface area contributed by atoms with E-state index < -0.39 is 50.9 Å². The molecule has 13 heteroatoms. The van der Waals surface area contributed by atoms with E-state index in [-0.39, 0.29) is 11.8 Å². The first-order chi connectivity index (χ1) is 16.3. The summed E-state index contributed by atoms with van der Waals surface area (Å²) in [6.45, 7) is 13.7. The first kappa shape index (κ1) is 33.0. The van der Waals surface area contributed by atoms with E-state index in [9.17, 15) is 31.1 Å². The van der Waals surface area contributed by atoms with Gasteiger partial charge in [-0.05, 0) is 78.6 Å². The maximum absolute atomic E-state index is 13.5. The van der Waals surface area contributed by atoms with Crippen LogP contribution in [0, 0.1) is 17.8 Å². The third kappa shape index (κ3) is 9.05. The standard InChI is InChI=1S/C16H22F6O3.C7H18O3Si/c1-13(2,3)24-12(23)25-14(15(17,18)19,16(20,21)22)8-11-7-9-4-5-10(11)6-9;1-5-8-11(4,9-6-2)10-7-3/h9-11H,4-8H2,1-3H3;5-7H2,1-4H3. The number of fused-ring (bicyclic) bond motifs is 2.